The van der Waals surface area contributed by atoms with E-state index < -0.39 is 0 Å². The molecule has 0 fully saturated rings. The van der Waals surface area contributed by atoms with Gasteiger partial charge in [0.05, 0.1) is 29.2 Å². The molecule has 2 aromatic heterocycles. The number of carbonyl (C=O) groups excluding carboxylic acids is 2. The van der Waals surface area contributed by atoms with Gasteiger partial charge in [-0.05, 0) is 25.1 Å². The van der Waals surface area contributed by atoms with E-state index in [4.69, 9.17) is 11.6 Å². The predicted molar refractivity (Wildman–Crippen MR) is 97.1 cm³/mol. The number of carbonyl (C=O) groups is 2. The summed E-state index contributed by atoms with van der Waals surface area (Å²) in [4.78, 5) is 29.5. The predicted octanol–water partition coefficient (Wildman–Crippen LogP) is 3.28. The van der Waals surface area contributed by atoms with Crippen LogP contribution in [0.15, 0.2) is 29.9 Å². The van der Waals surface area contributed by atoms with E-state index in [1.165, 1.54) is 11.3 Å². The summed E-state index contributed by atoms with van der Waals surface area (Å²) in [7, 11) is 0. The highest BCUT2D eigenvalue weighted by Crippen LogP contribution is 2.23. The molecule has 0 bridgehead atoms. The summed E-state index contributed by atoms with van der Waals surface area (Å²) in [5.74, 6) is -0.510. The molecule has 9 heteroatoms. The number of hydrogen-bond acceptors (Lipinski definition) is 5. The van der Waals surface area contributed by atoms with Crippen molar-refractivity contribution in [3.05, 3.63) is 46.2 Å². The van der Waals surface area contributed by atoms with Crippen LogP contribution < -0.4 is 10.6 Å². The highest BCUT2D eigenvalue weighted by atomic mass is 35.5. The number of rotatable bonds is 5. The van der Waals surface area contributed by atoms with Gasteiger partial charge in [-0.25, -0.2) is 9.50 Å². The fourth-order valence-corrected chi connectivity index (χ4v) is 3.05. The molecule has 3 rings (SSSR count). The lowest BCUT2D eigenvalue weighted by atomic mass is 10.1. The number of anilines is 1. The smallest absolute Gasteiger partial charge is 0.253 e. The van der Waals surface area contributed by atoms with Gasteiger partial charge in [-0.3, -0.25) is 9.59 Å². The van der Waals surface area contributed by atoms with Gasteiger partial charge in [-0.1, -0.05) is 29.9 Å². The van der Waals surface area contributed by atoms with E-state index in [0.717, 1.165) is 4.96 Å². The van der Waals surface area contributed by atoms with E-state index in [2.05, 4.69) is 20.7 Å². The second kappa shape index (κ2) is 7.20. The number of amides is 2. The maximum atomic E-state index is 12.6. The average Bonchev–Trinajstić information content (AvgIpc) is 3.16. The van der Waals surface area contributed by atoms with Crippen molar-refractivity contribution in [1.29, 1.82) is 0 Å². The van der Waals surface area contributed by atoms with E-state index in [9.17, 15) is 9.59 Å². The van der Waals surface area contributed by atoms with Crippen LogP contribution >= 0.6 is 22.9 Å². The highest BCUT2D eigenvalue weighted by molar-refractivity contribution is 7.14. The Kier molecular flexibility index (Phi) is 5.00. The third kappa shape index (κ3) is 3.80. The Morgan fingerprint density at radius 2 is 2.20 bits per heavy atom. The summed E-state index contributed by atoms with van der Waals surface area (Å²) in [6.07, 6.45) is 2.08. The summed E-state index contributed by atoms with van der Waals surface area (Å²) in [5.41, 5.74) is 3.14. The Labute approximate surface area is 153 Å². The Morgan fingerprint density at radius 3 is 2.92 bits per heavy atom. The molecular formula is C16H16ClN5O2S. The SMILES string of the molecule is CCC(=O)Nc1cc(Cl)ccc1C(=O)N[C@H](C)c1cn2ncsc2n1. The summed E-state index contributed by atoms with van der Waals surface area (Å²) < 4.78 is 1.66. The molecule has 0 spiro atoms. The number of hydrogen-bond donors (Lipinski definition) is 2. The van der Waals surface area contributed by atoms with E-state index >= 15 is 0 Å². The number of halogens is 1. The minimum absolute atomic E-state index is 0.190. The van der Waals surface area contributed by atoms with E-state index in [1.807, 2.05) is 6.92 Å². The molecule has 25 heavy (non-hydrogen) atoms. The molecule has 2 N–H and O–H groups in total. The van der Waals surface area contributed by atoms with Gasteiger partial charge in [-0.2, -0.15) is 5.10 Å². The first-order valence-corrected chi connectivity index (χ1v) is 8.92. The molecule has 0 unspecified atom stereocenters. The Hall–Kier alpha value is -2.45. The van der Waals surface area contributed by atoms with Crippen LogP contribution in [0.5, 0.6) is 0 Å². The number of nitrogens with one attached hydrogen (secondary N) is 2. The van der Waals surface area contributed by atoms with Gasteiger partial charge < -0.3 is 10.6 Å². The largest absolute Gasteiger partial charge is 0.344 e. The first-order chi connectivity index (χ1) is 12.0. The van der Waals surface area contributed by atoms with Crippen molar-refractivity contribution in [3.8, 4) is 0 Å². The Bertz CT molecular complexity index is 907. The molecule has 3 aromatic rings. The molecule has 2 heterocycles. The average molecular weight is 378 g/mol. The molecule has 2 amide bonds. The third-order valence-corrected chi connectivity index (χ3v) is 4.54. The van der Waals surface area contributed by atoms with Gasteiger partial charge in [0.2, 0.25) is 10.9 Å². The third-order valence-electron chi connectivity index (χ3n) is 3.62. The summed E-state index contributed by atoms with van der Waals surface area (Å²) >= 11 is 7.40. The van der Waals surface area contributed by atoms with Crippen LogP contribution in [0.4, 0.5) is 5.69 Å². The molecule has 0 radical (unpaired) electrons. The van der Waals surface area contributed by atoms with Crippen molar-refractivity contribution in [2.45, 2.75) is 26.3 Å². The molecule has 7 nitrogen and oxygen atoms in total. The van der Waals surface area contributed by atoms with Crippen LogP contribution in [0.1, 0.15) is 42.4 Å². The van der Waals surface area contributed by atoms with Crippen molar-refractivity contribution in [1.82, 2.24) is 19.9 Å². The molecule has 1 atom stereocenters. The molecular weight excluding hydrogens is 362 g/mol. The van der Waals surface area contributed by atoms with E-state index in [-0.39, 0.29) is 17.9 Å². The second-order valence-electron chi connectivity index (χ2n) is 5.42. The standard InChI is InChI=1S/C16H16ClN5O2S/c1-3-14(23)20-12-6-10(17)4-5-11(12)15(24)19-9(2)13-7-22-16(21-13)25-8-18-22/h4-9H,3H2,1-2H3,(H,19,24)(H,20,23)/t9-/m1/s1. The van der Waals surface area contributed by atoms with Gasteiger partial charge in [0.1, 0.15) is 5.51 Å². The van der Waals surface area contributed by atoms with Gasteiger partial charge >= 0.3 is 0 Å². The quantitative estimate of drug-likeness (QED) is 0.714. The molecule has 0 aliphatic rings. The highest BCUT2D eigenvalue weighted by Gasteiger charge is 2.18. The first-order valence-electron chi connectivity index (χ1n) is 7.67. The number of aromatic nitrogens is 3. The Balaban J connectivity index is 1.80. The van der Waals surface area contributed by atoms with Crippen LogP contribution in [0, 0.1) is 0 Å². The Morgan fingerprint density at radius 1 is 1.40 bits per heavy atom. The van der Waals surface area contributed by atoms with Crippen LogP contribution in [0.2, 0.25) is 5.02 Å². The zero-order valence-corrected chi connectivity index (χ0v) is 15.2. The number of fused-ring (bicyclic) bond motifs is 1. The normalized spacial score (nSPS) is 12.1. The lowest BCUT2D eigenvalue weighted by molar-refractivity contribution is -0.115. The van der Waals surface area contributed by atoms with Crippen molar-refractivity contribution >= 4 is 45.4 Å². The number of benzene rings is 1. The fourth-order valence-electron chi connectivity index (χ4n) is 2.27. The van der Waals surface area contributed by atoms with E-state index in [1.54, 1.807) is 41.3 Å². The fraction of sp³-hybridized carbons (Fsp3) is 0.250. The summed E-state index contributed by atoms with van der Waals surface area (Å²) in [6.45, 7) is 3.57. The molecule has 0 saturated carbocycles. The lowest BCUT2D eigenvalue weighted by Gasteiger charge is -2.15. The minimum atomic E-state index is -0.320. The first kappa shape index (κ1) is 17.4. The molecule has 0 aliphatic carbocycles. The summed E-state index contributed by atoms with van der Waals surface area (Å²) in [6, 6.07) is 4.44. The van der Waals surface area contributed by atoms with E-state index in [0.29, 0.717) is 28.4 Å². The van der Waals surface area contributed by atoms with Crippen LogP contribution in [-0.4, -0.2) is 26.4 Å². The molecule has 0 aliphatic heterocycles. The lowest BCUT2D eigenvalue weighted by Crippen LogP contribution is -2.28. The molecule has 1 aromatic carbocycles. The zero-order chi connectivity index (χ0) is 18.0. The monoisotopic (exact) mass is 377 g/mol. The molecule has 0 saturated heterocycles. The van der Waals surface area contributed by atoms with Crippen molar-refractivity contribution < 1.29 is 9.59 Å². The topological polar surface area (TPSA) is 88.4 Å². The van der Waals surface area contributed by atoms with Gasteiger partial charge in [0.25, 0.3) is 5.91 Å². The summed E-state index contributed by atoms with van der Waals surface area (Å²) in [5, 5.41) is 10.1. The van der Waals surface area contributed by atoms with Crippen LogP contribution in [0.25, 0.3) is 4.96 Å². The number of nitrogens with zero attached hydrogens (tertiary/aromatic N) is 3. The maximum Gasteiger partial charge on any atom is 0.253 e. The number of imidazole rings is 1. The van der Waals surface area contributed by atoms with Gasteiger partial charge in [0.15, 0.2) is 0 Å². The molecule has 130 valence electrons. The minimum Gasteiger partial charge on any atom is -0.344 e. The van der Waals surface area contributed by atoms with Crippen molar-refractivity contribution in [2.24, 2.45) is 0 Å². The van der Waals surface area contributed by atoms with Crippen molar-refractivity contribution in [3.63, 3.8) is 0 Å². The van der Waals surface area contributed by atoms with Crippen LogP contribution in [0.3, 0.4) is 0 Å². The van der Waals surface area contributed by atoms with Crippen LogP contribution in [-0.2, 0) is 4.79 Å². The maximum absolute atomic E-state index is 12.6. The second-order valence-corrected chi connectivity index (χ2v) is 6.67. The zero-order valence-electron chi connectivity index (χ0n) is 13.6. The van der Waals surface area contributed by atoms with Gasteiger partial charge in [0, 0.05) is 11.4 Å². The van der Waals surface area contributed by atoms with Crippen molar-refractivity contribution in [2.75, 3.05) is 5.32 Å². The van der Waals surface area contributed by atoms with Gasteiger partial charge in [-0.15, -0.1) is 0 Å².